The van der Waals surface area contributed by atoms with Crippen LogP contribution in [0.5, 0.6) is 5.75 Å². The molecule has 1 unspecified atom stereocenters. The normalized spacial score (nSPS) is 12.0. The van der Waals surface area contributed by atoms with E-state index in [1.807, 2.05) is 18.2 Å². The molecule has 0 radical (unpaired) electrons. The fourth-order valence-corrected chi connectivity index (χ4v) is 3.02. The van der Waals surface area contributed by atoms with E-state index in [-0.39, 0.29) is 29.3 Å². The average molecular weight is 379 g/mol. The second kappa shape index (κ2) is 10.1. The molecule has 140 valence electrons. The third-order valence-corrected chi connectivity index (χ3v) is 4.48. The van der Waals surface area contributed by atoms with Gasteiger partial charge in [-0.1, -0.05) is 55.8 Å². The van der Waals surface area contributed by atoms with Crippen LogP contribution in [0, 0.1) is 5.82 Å². The number of ether oxygens (including phenoxy) is 1. The van der Waals surface area contributed by atoms with Crippen LogP contribution >= 0.6 is 11.6 Å². The predicted octanol–water partition coefficient (Wildman–Crippen LogP) is 4.06. The van der Waals surface area contributed by atoms with E-state index in [2.05, 4.69) is 36.2 Å². The zero-order valence-electron chi connectivity index (χ0n) is 15.0. The monoisotopic (exact) mass is 378 g/mol. The molecule has 4 nitrogen and oxygen atoms in total. The van der Waals surface area contributed by atoms with Gasteiger partial charge in [0.15, 0.2) is 6.61 Å². The molecule has 0 bridgehead atoms. The summed E-state index contributed by atoms with van der Waals surface area (Å²) in [6, 6.07) is 14.0. The molecule has 0 aliphatic carbocycles. The highest BCUT2D eigenvalue weighted by atomic mass is 35.5. The number of nitrogens with one attached hydrogen (secondary N) is 1. The van der Waals surface area contributed by atoms with Gasteiger partial charge in [0.05, 0.1) is 11.1 Å². The van der Waals surface area contributed by atoms with Gasteiger partial charge in [-0.15, -0.1) is 0 Å². The zero-order valence-corrected chi connectivity index (χ0v) is 15.8. The SMILES string of the molecule is CCN(CC)C(CNC(=O)COc1ccc(F)cc1Cl)c1ccccc1. The molecule has 0 aromatic heterocycles. The van der Waals surface area contributed by atoms with Crippen LogP contribution in [0.25, 0.3) is 0 Å². The Morgan fingerprint density at radius 3 is 2.50 bits per heavy atom. The number of halogens is 2. The lowest BCUT2D eigenvalue weighted by atomic mass is 10.1. The molecule has 0 heterocycles. The second-order valence-corrected chi connectivity index (χ2v) is 6.22. The minimum Gasteiger partial charge on any atom is -0.482 e. The molecule has 2 aromatic carbocycles. The summed E-state index contributed by atoms with van der Waals surface area (Å²) < 4.78 is 18.4. The van der Waals surface area contributed by atoms with Crippen molar-refractivity contribution >= 4 is 17.5 Å². The van der Waals surface area contributed by atoms with Gasteiger partial charge in [-0.3, -0.25) is 9.69 Å². The van der Waals surface area contributed by atoms with Crippen LogP contribution in [0.1, 0.15) is 25.5 Å². The van der Waals surface area contributed by atoms with Crippen LogP contribution in [0.3, 0.4) is 0 Å². The molecule has 2 rings (SSSR count). The van der Waals surface area contributed by atoms with E-state index in [1.165, 1.54) is 12.1 Å². The number of hydrogen-bond donors (Lipinski definition) is 1. The van der Waals surface area contributed by atoms with E-state index in [9.17, 15) is 9.18 Å². The Labute approximate surface area is 158 Å². The van der Waals surface area contributed by atoms with Crippen molar-refractivity contribution in [3.05, 3.63) is 64.9 Å². The fourth-order valence-electron chi connectivity index (χ4n) is 2.79. The van der Waals surface area contributed by atoms with E-state index < -0.39 is 5.82 Å². The maximum Gasteiger partial charge on any atom is 0.258 e. The van der Waals surface area contributed by atoms with Gasteiger partial charge in [-0.2, -0.15) is 0 Å². The van der Waals surface area contributed by atoms with Gasteiger partial charge in [0.1, 0.15) is 11.6 Å². The molecule has 6 heteroatoms. The molecule has 1 amide bonds. The molecule has 0 saturated heterocycles. The Morgan fingerprint density at radius 1 is 1.19 bits per heavy atom. The highest BCUT2D eigenvalue weighted by Gasteiger charge is 2.18. The number of carbonyl (C=O) groups excluding carboxylic acids is 1. The highest BCUT2D eigenvalue weighted by Crippen LogP contribution is 2.24. The van der Waals surface area contributed by atoms with Crippen LogP contribution in [-0.4, -0.2) is 37.0 Å². The summed E-state index contributed by atoms with van der Waals surface area (Å²) in [5, 5.41) is 3.05. The summed E-state index contributed by atoms with van der Waals surface area (Å²) in [6.45, 7) is 6.26. The summed E-state index contributed by atoms with van der Waals surface area (Å²) in [5.74, 6) is -0.415. The molecular weight excluding hydrogens is 355 g/mol. The van der Waals surface area contributed by atoms with Crippen molar-refractivity contribution in [3.8, 4) is 5.75 Å². The number of nitrogens with zero attached hydrogens (tertiary/aromatic N) is 1. The molecule has 0 fully saturated rings. The molecule has 2 aromatic rings. The molecular formula is C20H24ClFN2O2. The summed E-state index contributed by atoms with van der Waals surface area (Å²) in [7, 11) is 0. The summed E-state index contributed by atoms with van der Waals surface area (Å²) in [4.78, 5) is 14.4. The summed E-state index contributed by atoms with van der Waals surface area (Å²) in [6.07, 6.45) is 0. The Morgan fingerprint density at radius 2 is 1.88 bits per heavy atom. The van der Waals surface area contributed by atoms with Gasteiger partial charge < -0.3 is 10.1 Å². The molecule has 0 aliphatic rings. The van der Waals surface area contributed by atoms with Crippen LogP contribution in [0.15, 0.2) is 48.5 Å². The Kier molecular flexibility index (Phi) is 7.88. The number of hydrogen-bond acceptors (Lipinski definition) is 3. The van der Waals surface area contributed by atoms with Gasteiger partial charge in [0, 0.05) is 6.54 Å². The second-order valence-electron chi connectivity index (χ2n) is 5.82. The average Bonchev–Trinajstić information content (AvgIpc) is 2.65. The van der Waals surface area contributed by atoms with Gasteiger partial charge in [-0.05, 0) is 36.9 Å². The van der Waals surface area contributed by atoms with E-state index in [0.29, 0.717) is 6.54 Å². The van der Waals surface area contributed by atoms with Gasteiger partial charge >= 0.3 is 0 Å². The van der Waals surface area contributed by atoms with Crippen LogP contribution in [0.2, 0.25) is 5.02 Å². The van der Waals surface area contributed by atoms with Crippen molar-refractivity contribution in [2.24, 2.45) is 0 Å². The van der Waals surface area contributed by atoms with E-state index in [4.69, 9.17) is 16.3 Å². The van der Waals surface area contributed by atoms with Crippen LogP contribution in [0.4, 0.5) is 4.39 Å². The zero-order chi connectivity index (χ0) is 18.9. The van der Waals surface area contributed by atoms with Gasteiger partial charge in [0.25, 0.3) is 5.91 Å². The van der Waals surface area contributed by atoms with Crippen molar-refractivity contribution < 1.29 is 13.9 Å². The minimum atomic E-state index is -0.447. The Balaban J connectivity index is 1.94. The molecule has 0 saturated carbocycles. The maximum atomic E-state index is 13.0. The first kappa shape index (κ1) is 20.2. The third-order valence-electron chi connectivity index (χ3n) is 4.18. The van der Waals surface area contributed by atoms with Crippen LogP contribution < -0.4 is 10.1 Å². The van der Waals surface area contributed by atoms with Crippen molar-refractivity contribution in [2.45, 2.75) is 19.9 Å². The topological polar surface area (TPSA) is 41.6 Å². The van der Waals surface area contributed by atoms with Crippen molar-refractivity contribution in [3.63, 3.8) is 0 Å². The predicted molar refractivity (Wildman–Crippen MR) is 102 cm³/mol. The first-order chi connectivity index (χ1) is 12.5. The van der Waals surface area contributed by atoms with Crippen molar-refractivity contribution in [2.75, 3.05) is 26.2 Å². The highest BCUT2D eigenvalue weighted by molar-refractivity contribution is 6.32. The Bertz CT molecular complexity index is 708. The first-order valence-electron chi connectivity index (χ1n) is 8.68. The summed E-state index contributed by atoms with van der Waals surface area (Å²) in [5.41, 5.74) is 1.15. The lowest BCUT2D eigenvalue weighted by Gasteiger charge is -2.30. The maximum absolute atomic E-state index is 13.0. The van der Waals surface area contributed by atoms with Crippen molar-refractivity contribution in [1.82, 2.24) is 10.2 Å². The van der Waals surface area contributed by atoms with E-state index >= 15 is 0 Å². The van der Waals surface area contributed by atoms with Gasteiger partial charge in [-0.25, -0.2) is 4.39 Å². The smallest absolute Gasteiger partial charge is 0.258 e. The lowest BCUT2D eigenvalue weighted by molar-refractivity contribution is -0.123. The Hall–Kier alpha value is -2.11. The van der Waals surface area contributed by atoms with E-state index in [0.717, 1.165) is 24.7 Å². The molecule has 26 heavy (non-hydrogen) atoms. The quantitative estimate of drug-likeness (QED) is 0.715. The van der Waals surface area contributed by atoms with E-state index in [1.54, 1.807) is 0 Å². The van der Waals surface area contributed by atoms with Gasteiger partial charge in [0.2, 0.25) is 0 Å². The first-order valence-corrected chi connectivity index (χ1v) is 9.06. The molecule has 0 aliphatic heterocycles. The standard InChI is InChI=1S/C20H24ClFN2O2/c1-3-24(4-2)18(15-8-6-5-7-9-15)13-23-20(25)14-26-19-11-10-16(22)12-17(19)21/h5-12,18H,3-4,13-14H2,1-2H3,(H,23,25). The number of likely N-dealkylation sites (N-methyl/N-ethyl adjacent to an activating group) is 1. The molecule has 1 atom stereocenters. The third kappa shape index (κ3) is 5.71. The molecule has 1 N–H and O–H groups in total. The fraction of sp³-hybridized carbons (Fsp3) is 0.350. The number of carbonyl (C=O) groups is 1. The minimum absolute atomic E-state index is 0.0876. The van der Waals surface area contributed by atoms with Crippen LogP contribution in [-0.2, 0) is 4.79 Å². The molecule has 0 spiro atoms. The lowest BCUT2D eigenvalue weighted by Crippen LogP contribution is -2.39. The summed E-state index contributed by atoms with van der Waals surface area (Å²) >= 11 is 5.90. The largest absolute Gasteiger partial charge is 0.482 e. The number of amides is 1. The van der Waals surface area contributed by atoms with Crippen molar-refractivity contribution in [1.29, 1.82) is 0 Å². The number of benzene rings is 2. The number of rotatable bonds is 9.